The first-order valence-corrected chi connectivity index (χ1v) is 4.78. The lowest BCUT2D eigenvalue weighted by Gasteiger charge is -2.19. The molecular formula is C10H18O3. The third kappa shape index (κ3) is 3.35. The molecule has 0 amide bonds. The van der Waals surface area contributed by atoms with E-state index in [-0.39, 0.29) is 23.6 Å². The van der Waals surface area contributed by atoms with E-state index in [9.17, 15) is 4.79 Å². The van der Waals surface area contributed by atoms with Crippen LogP contribution in [-0.2, 0) is 14.3 Å². The molecule has 0 aliphatic heterocycles. The average Bonchev–Trinajstić information content (AvgIpc) is 2.64. The van der Waals surface area contributed by atoms with E-state index in [0.29, 0.717) is 6.61 Å². The zero-order valence-corrected chi connectivity index (χ0v) is 8.79. The summed E-state index contributed by atoms with van der Waals surface area (Å²) in [4.78, 5) is 11.2. The lowest BCUT2D eigenvalue weighted by atomic mass is 10.2. The van der Waals surface area contributed by atoms with Gasteiger partial charge in [0.05, 0.1) is 24.2 Å². The van der Waals surface area contributed by atoms with Gasteiger partial charge in [0, 0.05) is 0 Å². The van der Waals surface area contributed by atoms with E-state index in [2.05, 4.69) is 0 Å². The van der Waals surface area contributed by atoms with E-state index >= 15 is 0 Å². The number of esters is 1. The van der Waals surface area contributed by atoms with Gasteiger partial charge in [0.25, 0.3) is 0 Å². The van der Waals surface area contributed by atoms with E-state index < -0.39 is 0 Å². The predicted octanol–water partition coefficient (Wildman–Crippen LogP) is 1.75. The number of carbonyl (C=O) groups excluding carboxylic acids is 1. The summed E-state index contributed by atoms with van der Waals surface area (Å²) in [7, 11) is 0. The Hall–Kier alpha value is -0.570. The highest BCUT2D eigenvalue weighted by Crippen LogP contribution is 2.37. The maximum atomic E-state index is 11.2. The van der Waals surface area contributed by atoms with Gasteiger partial charge in [-0.2, -0.15) is 0 Å². The first-order chi connectivity index (χ1) is 5.94. The molecule has 0 unspecified atom stereocenters. The fraction of sp³-hybridized carbons (Fsp3) is 0.900. The molecule has 1 aliphatic carbocycles. The van der Waals surface area contributed by atoms with Gasteiger partial charge in [0.15, 0.2) is 0 Å². The van der Waals surface area contributed by atoms with Crippen molar-refractivity contribution in [2.45, 2.75) is 45.8 Å². The van der Waals surface area contributed by atoms with E-state index in [4.69, 9.17) is 9.47 Å². The summed E-state index contributed by atoms with van der Waals surface area (Å²) in [6.45, 7) is 8.26. The number of carbonyl (C=O) groups is 1. The van der Waals surface area contributed by atoms with Gasteiger partial charge >= 0.3 is 5.97 Å². The van der Waals surface area contributed by atoms with Gasteiger partial charge < -0.3 is 9.47 Å². The number of hydrogen-bond donors (Lipinski definition) is 0. The van der Waals surface area contributed by atoms with Crippen LogP contribution in [0.5, 0.6) is 0 Å². The zero-order valence-electron chi connectivity index (χ0n) is 8.79. The highest BCUT2D eigenvalue weighted by atomic mass is 16.5. The second kappa shape index (κ2) is 3.66. The minimum atomic E-state index is -0.161. The molecule has 3 heteroatoms. The molecule has 0 N–H and O–H groups in total. The Morgan fingerprint density at radius 2 is 2.08 bits per heavy atom. The van der Waals surface area contributed by atoms with Crippen LogP contribution in [0.15, 0.2) is 0 Å². The summed E-state index contributed by atoms with van der Waals surface area (Å²) in [6.07, 6.45) is 0.898. The first-order valence-electron chi connectivity index (χ1n) is 4.78. The summed E-state index contributed by atoms with van der Waals surface area (Å²) in [5, 5.41) is 0. The average molecular weight is 186 g/mol. The fourth-order valence-corrected chi connectivity index (χ4v) is 1.25. The Labute approximate surface area is 79.4 Å². The molecule has 1 fully saturated rings. The molecule has 0 heterocycles. The van der Waals surface area contributed by atoms with Crippen LogP contribution >= 0.6 is 0 Å². The van der Waals surface area contributed by atoms with Gasteiger partial charge in [0.1, 0.15) is 0 Å². The molecule has 0 aromatic rings. The summed E-state index contributed by atoms with van der Waals surface area (Å²) < 4.78 is 10.5. The molecule has 1 aliphatic rings. The van der Waals surface area contributed by atoms with Crippen LogP contribution < -0.4 is 0 Å². The van der Waals surface area contributed by atoms with Crippen LogP contribution in [-0.4, -0.2) is 24.3 Å². The largest absolute Gasteiger partial charge is 0.466 e. The van der Waals surface area contributed by atoms with Crippen molar-refractivity contribution in [1.82, 2.24) is 0 Å². The molecule has 3 nitrogen and oxygen atoms in total. The Morgan fingerprint density at radius 3 is 2.54 bits per heavy atom. The molecule has 0 aromatic carbocycles. The van der Waals surface area contributed by atoms with Crippen molar-refractivity contribution >= 4 is 5.97 Å². The van der Waals surface area contributed by atoms with Gasteiger partial charge in [-0.15, -0.1) is 0 Å². The molecule has 0 radical (unpaired) electrons. The van der Waals surface area contributed by atoms with E-state index in [0.717, 1.165) is 6.42 Å². The molecule has 2 atom stereocenters. The van der Waals surface area contributed by atoms with Crippen LogP contribution in [0.3, 0.4) is 0 Å². The minimum Gasteiger partial charge on any atom is -0.466 e. The lowest BCUT2D eigenvalue weighted by Crippen LogP contribution is -2.22. The highest BCUT2D eigenvalue weighted by molar-refractivity contribution is 5.76. The Morgan fingerprint density at radius 1 is 1.46 bits per heavy atom. The Balaban J connectivity index is 2.26. The molecule has 0 saturated heterocycles. The quantitative estimate of drug-likeness (QED) is 0.630. The van der Waals surface area contributed by atoms with Crippen molar-refractivity contribution in [2.75, 3.05) is 6.61 Å². The standard InChI is InChI=1S/C10H18O3/c1-5-12-9(11)7-6-8(7)13-10(2,3)4/h7-8H,5-6H2,1-4H3/t7-,8-/m0/s1. The van der Waals surface area contributed by atoms with Gasteiger partial charge in [-0.1, -0.05) is 0 Å². The molecule has 0 aromatic heterocycles. The zero-order chi connectivity index (χ0) is 10.1. The van der Waals surface area contributed by atoms with Crippen molar-refractivity contribution in [3.63, 3.8) is 0 Å². The van der Waals surface area contributed by atoms with Crippen LogP contribution in [0.2, 0.25) is 0 Å². The third-order valence-corrected chi connectivity index (χ3v) is 1.83. The molecule has 13 heavy (non-hydrogen) atoms. The van der Waals surface area contributed by atoms with E-state index in [1.54, 1.807) is 0 Å². The summed E-state index contributed by atoms with van der Waals surface area (Å²) in [5.74, 6) is -0.129. The molecule has 0 bridgehead atoms. The maximum absolute atomic E-state index is 11.2. The van der Waals surface area contributed by atoms with Gasteiger partial charge in [-0.25, -0.2) is 0 Å². The van der Waals surface area contributed by atoms with Gasteiger partial charge in [-0.3, -0.25) is 4.79 Å². The monoisotopic (exact) mass is 186 g/mol. The topological polar surface area (TPSA) is 35.5 Å². The number of rotatable bonds is 3. The highest BCUT2D eigenvalue weighted by Gasteiger charge is 2.47. The Bertz CT molecular complexity index is 193. The predicted molar refractivity (Wildman–Crippen MR) is 49.4 cm³/mol. The van der Waals surface area contributed by atoms with Crippen molar-refractivity contribution in [2.24, 2.45) is 5.92 Å². The second-order valence-electron chi connectivity index (χ2n) is 4.36. The maximum Gasteiger partial charge on any atom is 0.311 e. The summed E-state index contributed by atoms with van der Waals surface area (Å²) in [5.41, 5.74) is -0.161. The molecule has 0 spiro atoms. The summed E-state index contributed by atoms with van der Waals surface area (Å²) >= 11 is 0. The molecule has 1 rings (SSSR count). The first kappa shape index (κ1) is 10.5. The second-order valence-corrected chi connectivity index (χ2v) is 4.36. The third-order valence-electron chi connectivity index (χ3n) is 1.83. The van der Waals surface area contributed by atoms with Crippen molar-refractivity contribution in [1.29, 1.82) is 0 Å². The van der Waals surface area contributed by atoms with E-state index in [1.807, 2.05) is 27.7 Å². The van der Waals surface area contributed by atoms with Gasteiger partial charge in [0.2, 0.25) is 0 Å². The smallest absolute Gasteiger partial charge is 0.311 e. The van der Waals surface area contributed by atoms with Crippen molar-refractivity contribution in [3.05, 3.63) is 0 Å². The molecule has 1 saturated carbocycles. The van der Waals surface area contributed by atoms with Crippen molar-refractivity contribution < 1.29 is 14.3 Å². The molecule has 76 valence electrons. The van der Waals surface area contributed by atoms with Crippen molar-refractivity contribution in [3.8, 4) is 0 Å². The minimum absolute atomic E-state index is 0.0147. The Kier molecular flexibility index (Phi) is 2.96. The van der Waals surface area contributed by atoms with Crippen LogP contribution in [0.1, 0.15) is 34.1 Å². The van der Waals surface area contributed by atoms with Crippen LogP contribution in [0.4, 0.5) is 0 Å². The van der Waals surface area contributed by atoms with Crippen LogP contribution in [0.25, 0.3) is 0 Å². The van der Waals surface area contributed by atoms with E-state index in [1.165, 1.54) is 0 Å². The van der Waals surface area contributed by atoms with Crippen LogP contribution in [0, 0.1) is 5.92 Å². The normalized spacial score (nSPS) is 27.1. The number of ether oxygens (including phenoxy) is 2. The number of hydrogen-bond acceptors (Lipinski definition) is 3. The fourth-order valence-electron chi connectivity index (χ4n) is 1.25. The SMILES string of the molecule is CCOC(=O)[C@H]1C[C@@H]1OC(C)(C)C. The lowest BCUT2D eigenvalue weighted by molar-refractivity contribution is -0.146. The summed E-state index contributed by atoms with van der Waals surface area (Å²) in [6, 6.07) is 0. The van der Waals surface area contributed by atoms with Gasteiger partial charge in [-0.05, 0) is 34.1 Å². The molecular weight excluding hydrogens is 168 g/mol.